The van der Waals surface area contributed by atoms with Crippen LogP contribution in [-0.4, -0.2) is 40.1 Å². The first-order chi connectivity index (χ1) is 14.2. The summed E-state index contributed by atoms with van der Waals surface area (Å²) in [6, 6.07) is 8.23. The van der Waals surface area contributed by atoms with Gasteiger partial charge < -0.3 is 14.6 Å². The Morgan fingerprint density at radius 3 is 2.72 bits per heavy atom. The minimum Gasteiger partial charge on any atom is -0.494 e. The van der Waals surface area contributed by atoms with Gasteiger partial charge >= 0.3 is 0 Å². The predicted molar refractivity (Wildman–Crippen MR) is 117 cm³/mol. The Hall–Kier alpha value is -2.28. The highest BCUT2D eigenvalue weighted by Crippen LogP contribution is 2.33. The van der Waals surface area contributed by atoms with E-state index >= 15 is 0 Å². The summed E-state index contributed by atoms with van der Waals surface area (Å²) < 4.78 is 7.75. The Morgan fingerprint density at radius 1 is 1.28 bits per heavy atom. The molecule has 0 spiro atoms. The highest BCUT2D eigenvalue weighted by Gasteiger charge is 2.23. The van der Waals surface area contributed by atoms with Crippen LogP contribution < -0.4 is 10.1 Å². The molecule has 1 aliphatic carbocycles. The first kappa shape index (κ1) is 21.4. The number of amides is 1. The molecule has 0 atom stereocenters. The van der Waals surface area contributed by atoms with Crippen molar-refractivity contribution in [2.75, 3.05) is 19.4 Å². The lowest BCUT2D eigenvalue weighted by Gasteiger charge is -2.16. The topological polar surface area (TPSA) is 69.0 Å². The van der Waals surface area contributed by atoms with E-state index in [0.29, 0.717) is 19.2 Å². The average molecular weight is 415 g/mol. The van der Waals surface area contributed by atoms with Crippen LogP contribution in [0.5, 0.6) is 5.75 Å². The molecule has 0 aliphatic heterocycles. The van der Waals surface area contributed by atoms with E-state index in [4.69, 9.17) is 4.74 Å². The second-order valence-corrected chi connectivity index (χ2v) is 7.91. The Kier molecular flexibility index (Phi) is 8.16. The number of aromatic nitrogens is 3. The molecular formula is C22H30N4O2S. The summed E-state index contributed by atoms with van der Waals surface area (Å²) in [6.45, 7) is 3.23. The van der Waals surface area contributed by atoms with Crippen molar-refractivity contribution < 1.29 is 9.53 Å². The molecule has 6 nitrogen and oxygen atoms in total. The zero-order valence-electron chi connectivity index (χ0n) is 17.3. The molecule has 0 unspecified atom stereocenters. The second-order valence-electron chi connectivity index (χ2n) is 7.14. The van der Waals surface area contributed by atoms with Crippen LogP contribution in [0.15, 0.2) is 35.5 Å². The number of hydrogen-bond acceptors (Lipinski definition) is 5. The molecule has 3 rings (SSSR count). The van der Waals surface area contributed by atoms with Gasteiger partial charge in [0.2, 0.25) is 5.91 Å². The van der Waals surface area contributed by atoms with Crippen molar-refractivity contribution in [1.29, 1.82) is 0 Å². The largest absolute Gasteiger partial charge is 0.494 e. The van der Waals surface area contributed by atoms with Gasteiger partial charge in [-0.2, -0.15) is 0 Å². The van der Waals surface area contributed by atoms with Crippen LogP contribution in [0.1, 0.15) is 56.5 Å². The van der Waals surface area contributed by atoms with Gasteiger partial charge in [0.25, 0.3) is 0 Å². The van der Waals surface area contributed by atoms with Crippen LogP contribution in [-0.2, 0) is 11.2 Å². The summed E-state index contributed by atoms with van der Waals surface area (Å²) in [6.07, 6.45) is 12.1. The number of carbonyl (C=O) groups is 1. The molecule has 0 radical (unpaired) electrons. The standard InChI is InChI=1S/C22H30N4O2S/c1-3-28-19-13-10-17(11-14-19)12-15-21(27)23-16-6-9-20-24-25-22(29-2)26(20)18-7-4-5-8-18/h10-15,18H,3-9,16H2,1-2H3,(H,23,27)/b15-12+. The number of hydrogen-bond donors (Lipinski definition) is 1. The van der Waals surface area contributed by atoms with Crippen LogP contribution in [0.25, 0.3) is 6.08 Å². The van der Waals surface area contributed by atoms with Gasteiger partial charge in [-0.1, -0.05) is 36.7 Å². The van der Waals surface area contributed by atoms with E-state index in [1.165, 1.54) is 25.7 Å². The Bertz CT molecular complexity index is 811. The average Bonchev–Trinajstić information content (AvgIpc) is 3.40. The maximum Gasteiger partial charge on any atom is 0.243 e. The Morgan fingerprint density at radius 2 is 2.03 bits per heavy atom. The monoisotopic (exact) mass is 414 g/mol. The molecule has 1 aromatic heterocycles. The van der Waals surface area contributed by atoms with Crippen molar-refractivity contribution in [3.63, 3.8) is 0 Å². The SMILES string of the molecule is CCOc1ccc(/C=C/C(=O)NCCCc2nnc(SC)n2C2CCCC2)cc1. The minimum absolute atomic E-state index is 0.0825. The summed E-state index contributed by atoms with van der Waals surface area (Å²) in [4.78, 5) is 12.1. The molecule has 1 aliphatic rings. The summed E-state index contributed by atoms with van der Waals surface area (Å²) in [5.74, 6) is 1.80. The fourth-order valence-electron chi connectivity index (χ4n) is 3.68. The van der Waals surface area contributed by atoms with Crippen molar-refractivity contribution >= 4 is 23.7 Å². The molecule has 1 fully saturated rings. The van der Waals surface area contributed by atoms with Gasteiger partial charge in [-0.25, -0.2) is 0 Å². The molecule has 1 N–H and O–H groups in total. The number of thioether (sulfide) groups is 1. The van der Waals surface area contributed by atoms with Crippen molar-refractivity contribution in [1.82, 2.24) is 20.1 Å². The molecule has 1 saturated carbocycles. The van der Waals surface area contributed by atoms with E-state index in [1.807, 2.05) is 37.3 Å². The molecule has 1 amide bonds. The normalized spacial score (nSPS) is 14.6. The van der Waals surface area contributed by atoms with Crippen LogP contribution in [0.2, 0.25) is 0 Å². The second kappa shape index (κ2) is 11.0. The van der Waals surface area contributed by atoms with Crippen molar-refractivity contribution in [3.8, 4) is 5.75 Å². The Balaban J connectivity index is 1.44. The zero-order valence-corrected chi connectivity index (χ0v) is 18.1. The van der Waals surface area contributed by atoms with E-state index in [2.05, 4.69) is 26.3 Å². The number of nitrogens with zero attached hydrogens (tertiary/aromatic N) is 3. The van der Waals surface area contributed by atoms with Gasteiger partial charge in [0.05, 0.1) is 6.61 Å². The molecule has 2 aromatic rings. The third-order valence-electron chi connectivity index (χ3n) is 5.10. The fourth-order valence-corrected chi connectivity index (χ4v) is 4.25. The lowest BCUT2D eigenvalue weighted by atomic mass is 10.2. The number of nitrogens with one attached hydrogen (secondary N) is 1. The lowest BCUT2D eigenvalue weighted by Crippen LogP contribution is -2.23. The number of ether oxygens (including phenoxy) is 1. The summed E-state index contributed by atoms with van der Waals surface area (Å²) >= 11 is 1.66. The third-order valence-corrected chi connectivity index (χ3v) is 5.75. The zero-order chi connectivity index (χ0) is 20.5. The first-order valence-corrected chi connectivity index (χ1v) is 11.6. The van der Waals surface area contributed by atoms with E-state index in [1.54, 1.807) is 17.8 Å². The molecule has 156 valence electrons. The summed E-state index contributed by atoms with van der Waals surface area (Å²) in [7, 11) is 0. The molecule has 0 saturated heterocycles. The van der Waals surface area contributed by atoms with Crippen LogP contribution in [0.3, 0.4) is 0 Å². The van der Waals surface area contributed by atoms with Crippen molar-refractivity contribution in [2.24, 2.45) is 0 Å². The van der Waals surface area contributed by atoms with Gasteiger partial charge in [0.15, 0.2) is 5.16 Å². The lowest BCUT2D eigenvalue weighted by molar-refractivity contribution is -0.116. The van der Waals surface area contributed by atoms with E-state index < -0.39 is 0 Å². The summed E-state index contributed by atoms with van der Waals surface area (Å²) in [5.41, 5.74) is 0.970. The summed E-state index contributed by atoms with van der Waals surface area (Å²) in [5, 5.41) is 12.7. The van der Waals surface area contributed by atoms with Crippen LogP contribution in [0.4, 0.5) is 0 Å². The number of aryl methyl sites for hydroxylation is 1. The smallest absolute Gasteiger partial charge is 0.243 e. The van der Waals surface area contributed by atoms with Gasteiger partial charge in [0.1, 0.15) is 11.6 Å². The molecule has 7 heteroatoms. The maximum atomic E-state index is 12.1. The van der Waals surface area contributed by atoms with Crippen LogP contribution in [0, 0.1) is 0 Å². The highest BCUT2D eigenvalue weighted by atomic mass is 32.2. The van der Waals surface area contributed by atoms with Crippen molar-refractivity contribution in [2.45, 2.75) is 56.6 Å². The minimum atomic E-state index is -0.0825. The fraction of sp³-hybridized carbons (Fsp3) is 0.500. The van der Waals surface area contributed by atoms with E-state index in [0.717, 1.165) is 35.1 Å². The molecule has 1 heterocycles. The maximum absolute atomic E-state index is 12.1. The number of carbonyl (C=O) groups excluding carboxylic acids is 1. The van der Waals surface area contributed by atoms with Gasteiger partial charge in [0, 0.05) is 25.1 Å². The van der Waals surface area contributed by atoms with Crippen LogP contribution >= 0.6 is 11.8 Å². The van der Waals surface area contributed by atoms with E-state index in [-0.39, 0.29) is 5.91 Å². The van der Waals surface area contributed by atoms with Gasteiger partial charge in [-0.15, -0.1) is 10.2 Å². The third kappa shape index (κ3) is 6.10. The molecule has 0 bridgehead atoms. The van der Waals surface area contributed by atoms with Crippen molar-refractivity contribution in [3.05, 3.63) is 41.7 Å². The molecule has 29 heavy (non-hydrogen) atoms. The molecular weight excluding hydrogens is 384 g/mol. The Labute approximate surface area is 177 Å². The quantitative estimate of drug-likeness (QED) is 0.357. The highest BCUT2D eigenvalue weighted by molar-refractivity contribution is 7.98. The van der Waals surface area contributed by atoms with E-state index in [9.17, 15) is 4.79 Å². The number of rotatable bonds is 10. The van der Waals surface area contributed by atoms with Gasteiger partial charge in [-0.3, -0.25) is 4.79 Å². The number of benzene rings is 1. The van der Waals surface area contributed by atoms with Gasteiger partial charge in [-0.05, 0) is 56.2 Å². The first-order valence-electron chi connectivity index (χ1n) is 10.4. The molecule has 1 aromatic carbocycles. The predicted octanol–water partition coefficient (Wildman–Crippen LogP) is 4.28.